The van der Waals surface area contributed by atoms with Crippen molar-refractivity contribution in [2.24, 2.45) is 21.5 Å². The second kappa shape index (κ2) is 13.0. The van der Waals surface area contributed by atoms with Gasteiger partial charge >= 0.3 is 0 Å². The van der Waals surface area contributed by atoms with E-state index in [9.17, 15) is 14.7 Å². The molecule has 1 aromatic carbocycles. The summed E-state index contributed by atoms with van der Waals surface area (Å²) < 4.78 is 5.65. The highest BCUT2D eigenvalue weighted by molar-refractivity contribution is 6.46. The number of nitrogens with two attached hydrogens (primary N) is 3. The van der Waals surface area contributed by atoms with E-state index >= 15 is 0 Å². The number of amides is 1. The number of nitrogens with one attached hydrogen (secondary N) is 1. The van der Waals surface area contributed by atoms with Crippen LogP contribution in [-0.2, 0) is 9.59 Å². The molecule has 0 spiro atoms. The average molecular weight is 406 g/mol. The zero-order valence-electron chi connectivity index (χ0n) is 17.2. The van der Waals surface area contributed by atoms with Crippen molar-refractivity contribution in [1.82, 2.24) is 5.32 Å². The summed E-state index contributed by atoms with van der Waals surface area (Å²) in [5.41, 5.74) is 15.9. The minimum atomic E-state index is -1.42. The van der Waals surface area contributed by atoms with Crippen LogP contribution in [0.25, 0.3) is 0 Å². The first kappa shape index (κ1) is 25.8. The van der Waals surface area contributed by atoms with Gasteiger partial charge in [-0.2, -0.15) is 0 Å². The summed E-state index contributed by atoms with van der Waals surface area (Å²) in [6.45, 7) is 1.02. The zero-order chi connectivity index (χ0) is 22.4. The van der Waals surface area contributed by atoms with E-state index < -0.39 is 18.1 Å². The number of anilines is 1. The predicted molar refractivity (Wildman–Crippen MR) is 115 cm³/mol. The van der Waals surface area contributed by atoms with E-state index in [4.69, 9.17) is 16.2 Å². The molecule has 0 fully saturated rings. The molecule has 10 heteroatoms. The third kappa shape index (κ3) is 7.72. The van der Waals surface area contributed by atoms with Crippen molar-refractivity contribution in [2.45, 2.75) is 12.5 Å². The Kier molecular flexibility index (Phi) is 11.6. The number of hydrogen-bond acceptors (Lipinski definition) is 9. The van der Waals surface area contributed by atoms with Crippen molar-refractivity contribution in [3.05, 3.63) is 35.5 Å². The Labute approximate surface area is 170 Å². The largest absolute Gasteiger partial charge is 0.489 e. The molecule has 0 heterocycles. The van der Waals surface area contributed by atoms with E-state index in [1.807, 2.05) is 0 Å². The van der Waals surface area contributed by atoms with Crippen molar-refractivity contribution in [3.63, 3.8) is 0 Å². The van der Waals surface area contributed by atoms with Gasteiger partial charge in [-0.25, -0.2) is 0 Å². The number of hydrogen-bond donors (Lipinski definition) is 5. The molecule has 1 amide bonds. The highest BCUT2D eigenvalue weighted by Crippen LogP contribution is 2.21. The molecule has 0 bridgehead atoms. The zero-order valence-corrected chi connectivity index (χ0v) is 17.2. The standard InChI is InChI=1S/C18H25N5O4.CH5N/c1-18(10-24,11-25)23-17(26)16(22-3)14-6-13(4-5-15(14)20)27-9-12(7-19)8-21-2;1-2/h4-8,10,25H,9,11,19-20H2,1-3H3,(H,23,26);2H2,1H3/b12-7+,21-8?,22-16?;. The SMILES string of the molecule is CN.CN=C/C(=C\N)COc1ccc(N)c(C(=NC)C(=O)NC(C)(C=O)CO)c1. The Morgan fingerprint density at radius 1 is 1.34 bits per heavy atom. The van der Waals surface area contributed by atoms with Gasteiger partial charge in [0, 0.05) is 43.3 Å². The van der Waals surface area contributed by atoms with E-state index in [1.165, 1.54) is 27.2 Å². The van der Waals surface area contributed by atoms with Gasteiger partial charge in [0.15, 0.2) is 0 Å². The van der Waals surface area contributed by atoms with Crippen LogP contribution in [0.3, 0.4) is 0 Å². The number of aldehydes is 1. The fraction of sp³-hybridized carbons (Fsp3) is 0.368. The van der Waals surface area contributed by atoms with Gasteiger partial charge in [-0.05, 0) is 32.2 Å². The number of ether oxygens (including phenoxy) is 1. The molecular weight excluding hydrogens is 376 g/mol. The van der Waals surface area contributed by atoms with Gasteiger partial charge < -0.3 is 37.2 Å². The van der Waals surface area contributed by atoms with Crippen LogP contribution >= 0.6 is 0 Å². The lowest BCUT2D eigenvalue weighted by Crippen LogP contribution is -2.52. The molecule has 0 radical (unpaired) electrons. The number of rotatable bonds is 9. The van der Waals surface area contributed by atoms with Crippen LogP contribution in [0.4, 0.5) is 5.69 Å². The van der Waals surface area contributed by atoms with Gasteiger partial charge in [-0.1, -0.05) is 0 Å². The maximum Gasteiger partial charge on any atom is 0.270 e. The highest BCUT2D eigenvalue weighted by atomic mass is 16.5. The molecule has 0 aliphatic carbocycles. The minimum absolute atomic E-state index is 0.00388. The van der Waals surface area contributed by atoms with E-state index in [1.54, 1.807) is 31.5 Å². The Balaban J connectivity index is 0.00000379. The molecule has 1 unspecified atom stereocenters. The normalized spacial score (nSPS) is 13.9. The average Bonchev–Trinajstić information content (AvgIpc) is 2.74. The maximum atomic E-state index is 12.5. The molecule has 10 nitrogen and oxygen atoms in total. The molecule has 0 aromatic heterocycles. The lowest BCUT2D eigenvalue weighted by Gasteiger charge is -2.22. The fourth-order valence-electron chi connectivity index (χ4n) is 2.06. The van der Waals surface area contributed by atoms with Crippen molar-refractivity contribution in [1.29, 1.82) is 0 Å². The summed E-state index contributed by atoms with van der Waals surface area (Å²) in [5, 5.41) is 11.7. The molecule has 8 N–H and O–H groups in total. The molecule has 160 valence electrons. The Morgan fingerprint density at radius 2 is 2.00 bits per heavy atom. The third-order valence-electron chi connectivity index (χ3n) is 3.62. The first-order chi connectivity index (χ1) is 13.8. The lowest BCUT2D eigenvalue weighted by molar-refractivity contribution is -0.122. The van der Waals surface area contributed by atoms with Gasteiger partial charge in [0.25, 0.3) is 5.91 Å². The number of benzene rings is 1. The van der Waals surface area contributed by atoms with Crippen molar-refractivity contribution < 1.29 is 19.4 Å². The number of aliphatic hydroxyl groups excluding tert-OH is 1. The number of nitrogens with zero attached hydrogens (tertiary/aromatic N) is 2. The first-order valence-electron chi connectivity index (χ1n) is 8.64. The molecule has 0 aliphatic rings. The minimum Gasteiger partial charge on any atom is -0.489 e. The van der Waals surface area contributed by atoms with Crippen LogP contribution in [0, 0.1) is 0 Å². The van der Waals surface area contributed by atoms with Crippen molar-refractivity contribution in [2.75, 3.05) is 40.1 Å². The summed E-state index contributed by atoms with van der Waals surface area (Å²) >= 11 is 0. The summed E-state index contributed by atoms with van der Waals surface area (Å²) in [6, 6.07) is 4.78. The summed E-state index contributed by atoms with van der Waals surface area (Å²) in [6.07, 6.45) is 3.41. The van der Waals surface area contributed by atoms with Crippen molar-refractivity contribution in [3.8, 4) is 5.75 Å². The number of aliphatic hydroxyl groups is 1. The van der Waals surface area contributed by atoms with Gasteiger partial charge in [-0.3, -0.25) is 14.8 Å². The summed E-state index contributed by atoms with van der Waals surface area (Å²) in [4.78, 5) is 31.5. The van der Waals surface area contributed by atoms with Gasteiger partial charge in [0.05, 0.1) is 6.61 Å². The van der Waals surface area contributed by atoms with Gasteiger partial charge in [0.1, 0.15) is 29.9 Å². The van der Waals surface area contributed by atoms with Crippen LogP contribution < -0.4 is 27.3 Å². The molecule has 1 rings (SSSR count). The lowest BCUT2D eigenvalue weighted by atomic mass is 10.0. The van der Waals surface area contributed by atoms with Crippen LogP contribution in [0.1, 0.15) is 12.5 Å². The fourth-order valence-corrected chi connectivity index (χ4v) is 2.06. The molecule has 29 heavy (non-hydrogen) atoms. The maximum absolute atomic E-state index is 12.5. The molecule has 0 saturated heterocycles. The topological polar surface area (TPSA) is 178 Å². The van der Waals surface area contributed by atoms with Gasteiger partial charge in [0.2, 0.25) is 0 Å². The van der Waals surface area contributed by atoms with E-state index in [0.717, 1.165) is 0 Å². The predicted octanol–water partition coefficient (Wildman–Crippen LogP) is -0.749. The second-order valence-corrected chi connectivity index (χ2v) is 5.89. The summed E-state index contributed by atoms with van der Waals surface area (Å²) in [5.74, 6) is -0.206. The van der Waals surface area contributed by atoms with Crippen LogP contribution in [0.2, 0.25) is 0 Å². The van der Waals surface area contributed by atoms with E-state index in [-0.39, 0.29) is 12.3 Å². The molecule has 1 aromatic rings. The summed E-state index contributed by atoms with van der Waals surface area (Å²) in [7, 11) is 4.54. The number of nitrogen functional groups attached to an aromatic ring is 1. The smallest absolute Gasteiger partial charge is 0.270 e. The van der Waals surface area contributed by atoms with Crippen molar-refractivity contribution >= 4 is 29.8 Å². The second-order valence-electron chi connectivity index (χ2n) is 5.89. The van der Waals surface area contributed by atoms with Crippen LogP contribution in [-0.4, -0.2) is 69.1 Å². The monoisotopic (exact) mass is 406 g/mol. The molecule has 1 atom stereocenters. The Bertz CT molecular complexity index is 776. The van der Waals surface area contributed by atoms with Crippen LogP contribution in [0.5, 0.6) is 5.75 Å². The van der Waals surface area contributed by atoms with Gasteiger partial charge in [-0.15, -0.1) is 0 Å². The van der Waals surface area contributed by atoms with E-state index in [0.29, 0.717) is 28.9 Å². The number of carbonyl (C=O) groups excluding carboxylic acids is 2. The Hall–Kier alpha value is -3.24. The van der Waals surface area contributed by atoms with E-state index in [2.05, 4.69) is 21.0 Å². The quantitative estimate of drug-likeness (QED) is 0.203. The third-order valence-corrected chi connectivity index (χ3v) is 3.62. The Morgan fingerprint density at radius 3 is 2.48 bits per heavy atom. The van der Waals surface area contributed by atoms with Crippen LogP contribution in [0.15, 0.2) is 40.0 Å². The molecule has 0 saturated carbocycles. The highest BCUT2D eigenvalue weighted by Gasteiger charge is 2.28. The molecular formula is C19H30N6O4. The number of aliphatic imine (C=N–C) groups is 2. The first-order valence-corrected chi connectivity index (χ1v) is 8.64. The number of carbonyl (C=O) groups is 2. The molecule has 0 aliphatic heterocycles.